The van der Waals surface area contributed by atoms with Crippen molar-refractivity contribution in [3.8, 4) is 0 Å². The summed E-state index contributed by atoms with van der Waals surface area (Å²) in [6.45, 7) is 6.53. The number of hydrogen-bond donors (Lipinski definition) is 2. The predicted octanol–water partition coefficient (Wildman–Crippen LogP) is 3.07. The molecule has 0 saturated carbocycles. The van der Waals surface area contributed by atoms with Crippen LogP contribution in [0.2, 0.25) is 0 Å². The van der Waals surface area contributed by atoms with E-state index in [4.69, 9.17) is 5.73 Å². The van der Waals surface area contributed by atoms with E-state index >= 15 is 0 Å². The second-order valence-electron chi connectivity index (χ2n) is 7.27. The van der Waals surface area contributed by atoms with Crippen molar-refractivity contribution in [2.45, 2.75) is 32.9 Å². The van der Waals surface area contributed by atoms with Gasteiger partial charge in [0.2, 0.25) is 5.91 Å². The lowest BCUT2D eigenvalue weighted by atomic mass is 9.88. The van der Waals surface area contributed by atoms with Gasteiger partial charge in [-0.1, -0.05) is 38.1 Å². The monoisotopic (exact) mass is 387 g/mol. The average Bonchev–Trinajstić information content (AvgIpc) is 2.65. The maximum atomic E-state index is 12.8. The average molecular weight is 388 g/mol. The summed E-state index contributed by atoms with van der Waals surface area (Å²) < 4.78 is 1.90. The fourth-order valence-corrected chi connectivity index (χ4v) is 3.18. The summed E-state index contributed by atoms with van der Waals surface area (Å²) in [6.07, 6.45) is 0. The molecule has 1 amide bonds. The first-order valence-corrected chi connectivity index (χ1v) is 8.89. The molecule has 3 aromatic rings. The Morgan fingerprint density at radius 1 is 1.07 bits per heavy atom. The van der Waals surface area contributed by atoms with E-state index in [1.54, 1.807) is 12.1 Å². The Hall–Kier alpha value is -2.37. The SMILES string of the molecule is CC(C)C(C)(CN)NC(=O)Cn1c2ccccc2c(=O)c2ccccc21.Cl. The van der Waals surface area contributed by atoms with Crippen LogP contribution in [0.15, 0.2) is 53.3 Å². The molecule has 2 aromatic carbocycles. The van der Waals surface area contributed by atoms with Crippen LogP contribution in [0.5, 0.6) is 0 Å². The lowest BCUT2D eigenvalue weighted by Crippen LogP contribution is -2.55. The molecule has 0 aliphatic carbocycles. The largest absolute Gasteiger partial charge is 0.348 e. The van der Waals surface area contributed by atoms with Gasteiger partial charge in [0.05, 0.1) is 16.6 Å². The number of rotatable bonds is 5. The van der Waals surface area contributed by atoms with Crippen molar-refractivity contribution < 1.29 is 4.79 Å². The molecular formula is C21H26ClN3O2. The van der Waals surface area contributed by atoms with Crippen LogP contribution in [-0.2, 0) is 11.3 Å². The third-order valence-corrected chi connectivity index (χ3v) is 5.30. The minimum absolute atomic E-state index is 0. The zero-order valence-corrected chi connectivity index (χ0v) is 16.7. The minimum atomic E-state index is -0.471. The number of fused-ring (bicyclic) bond motifs is 2. The highest BCUT2D eigenvalue weighted by Crippen LogP contribution is 2.20. The van der Waals surface area contributed by atoms with Crippen LogP contribution in [0.4, 0.5) is 0 Å². The summed E-state index contributed by atoms with van der Waals surface area (Å²) in [5.41, 5.74) is 6.91. The third-order valence-electron chi connectivity index (χ3n) is 5.30. The highest BCUT2D eigenvalue weighted by Gasteiger charge is 2.28. The molecule has 0 saturated heterocycles. The number of carbonyl (C=O) groups is 1. The van der Waals surface area contributed by atoms with Gasteiger partial charge in [-0.05, 0) is 37.1 Å². The standard InChI is InChI=1S/C21H25N3O2.ClH/c1-14(2)21(3,13-22)23-19(25)12-24-17-10-6-4-8-15(17)20(26)16-9-5-7-11-18(16)24;/h4-11,14H,12-13,22H2,1-3H3,(H,23,25);1H. The molecule has 3 N–H and O–H groups in total. The normalized spacial score (nSPS) is 13.4. The zero-order chi connectivity index (χ0) is 18.9. The number of nitrogens with zero attached hydrogens (tertiary/aromatic N) is 1. The fraction of sp³-hybridized carbons (Fsp3) is 0.333. The first-order chi connectivity index (χ1) is 12.4. The van der Waals surface area contributed by atoms with Crippen LogP contribution >= 0.6 is 12.4 Å². The molecule has 0 fully saturated rings. The van der Waals surface area contributed by atoms with Crippen molar-refractivity contribution in [2.75, 3.05) is 6.54 Å². The van der Waals surface area contributed by atoms with Gasteiger partial charge in [0.15, 0.2) is 5.43 Å². The van der Waals surface area contributed by atoms with Crippen LogP contribution in [-0.4, -0.2) is 22.6 Å². The minimum Gasteiger partial charge on any atom is -0.348 e. The molecule has 1 aromatic heterocycles. The van der Waals surface area contributed by atoms with E-state index in [1.807, 2.05) is 61.7 Å². The number of pyridine rings is 1. The molecule has 0 bridgehead atoms. The second kappa shape index (κ2) is 8.11. The smallest absolute Gasteiger partial charge is 0.240 e. The van der Waals surface area contributed by atoms with Gasteiger partial charge in [-0.15, -0.1) is 12.4 Å². The molecule has 1 unspecified atom stereocenters. The molecule has 0 spiro atoms. The van der Waals surface area contributed by atoms with Gasteiger partial charge in [0, 0.05) is 17.3 Å². The van der Waals surface area contributed by atoms with E-state index in [0.29, 0.717) is 17.3 Å². The van der Waals surface area contributed by atoms with Crippen molar-refractivity contribution in [3.05, 3.63) is 58.8 Å². The molecule has 144 valence electrons. The maximum Gasteiger partial charge on any atom is 0.240 e. The van der Waals surface area contributed by atoms with Gasteiger partial charge in [0.25, 0.3) is 0 Å². The van der Waals surface area contributed by atoms with Gasteiger partial charge < -0.3 is 15.6 Å². The zero-order valence-electron chi connectivity index (χ0n) is 15.9. The summed E-state index contributed by atoms with van der Waals surface area (Å²) in [7, 11) is 0. The van der Waals surface area contributed by atoms with Gasteiger partial charge >= 0.3 is 0 Å². The number of nitrogens with one attached hydrogen (secondary N) is 1. The molecule has 0 radical (unpaired) electrons. The van der Waals surface area contributed by atoms with Gasteiger partial charge in [0.1, 0.15) is 6.54 Å². The van der Waals surface area contributed by atoms with Crippen molar-refractivity contribution >= 4 is 40.1 Å². The Labute approximate surface area is 165 Å². The molecule has 5 nitrogen and oxygen atoms in total. The molecule has 0 aliphatic rings. The first kappa shape index (κ1) is 20.9. The van der Waals surface area contributed by atoms with Crippen molar-refractivity contribution in [1.82, 2.24) is 9.88 Å². The number of aromatic nitrogens is 1. The Morgan fingerprint density at radius 2 is 1.56 bits per heavy atom. The van der Waals surface area contributed by atoms with E-state index in [0.717, 1.165) is 11.0 Å². The van der Waals surface area contributed by atoms with Crippen LogP contribution in [0.1, 0.15) is 20.8 Å². The summed E-state index contributed by atoms with van der Waals surface area (Å²) in [5, 5.41) is 4.30. The van der Waals surface area contributed by atoms with E-state index in [2.05, 4.69) is 5.32 Å². The molecule has 0 aliphatic heterocycles. The van der Waals surface area contributed by atoms with Crippen LogP contribution in [0.3, 0.4) is 0 Å². The number of nitrogens with two attached hydrogens (primary N) is 1. The fourth-order valence-electron chi connectivity index (χ4n) is 3.18. The number of amides is 1. The lowest BCUT2D eigenvalue weighted by Gasteiger charge is -2.33. The van der Waals surface area contributed by atoms with Crippen molar-refractivity contribution in [3.63, 3.8) is 0 Å². The Kier molecular flexibility index (Phi) is 6.29. The number of para-hydroxylation sites is 2. The van der Waals surface area contributed by atoms with Gasteiger partial charge in [-0.25, -0.2) is 0 Å². The topological polar surface area (TPSA) is 77.1 Å². The highest BCUT2D eigenvalue weighted by atomic mass is 35.5. The molecule has 1 atom stereocenters. The summed E-state index contributed by atoms with van der Waals surface area (Å²) in [4.78, 5) is 25.6. The summed E-state index contributed by atoms with van der Waals surface area (Å²) in [5.74, 6) is 0.0876. The summed E-state index contributed by atoms with van der Waals surface area (Å²) >= 11 is 0. The van der Waals surface area contributed by atoms with Crippen molar-refractivity contribution in [2.24, 2.45) is 11.7 Å². The number of carbonyl (C=O) groups excluding carboxylic acids is 1. The van der Waals surface area contributed by atoms with E-state index in [9.17, 15) is 9.59 Å². The van der Waals surface area contributed by atoms with Gasteiger partial charge in [-0.3, -0.25) is 9.59 Å². The van der Waals surface area contributed by atoms with E-state index in [1.165, 1.54) is 0 Å². The molecule has 27 heavy (non-hydrogen) atoms. The van der Waals surface area contributed by atoms with Crippen LogP contribution < -0.4 is 16.5 Å². The number of halogens is 1. The van der Waals surface area contributed by atoms with E-state index in [-0.39, 0.29) is 36.2 Å². The Balaban J connectivity index is 0.00000261. The Morgan fingerprint density at radius 3 is 2.00 bits per heavy atom. The predicted molar refractivity (Wildman–Crippen MR) is 113 cm³/mol. The number of benzene rings is 2. The van der Waals surface area contributed by atoms with Gasteiger partial charge in [-0.2, -0.15) is 0 Å². The maximum absolute atomic E-state index is 12.8. The van der Waals surface area contributed by atoms with E-state index < -0.39 is 5.54 Å². The first-order valence-electron chi connectivity index (χ1n) is 8.89. The van der Waals surface area contributed by atoms with Crippen LogP contribution in [0.25, 0.3) is 21.8 Å². The quantitative estimate of drug-likeness (QED) is 0.660. The molecular weight excluding hydrogens is 362 g/mol. The highest BCUT2D eigenvalue weighted by molar-refractivity contribution is 5.94. The number of hydrogen-bond acceptors (Lipinski definition) is 3. The second-order valence-corrected chi connectivity index (χ2v) is 7.27. The molecule has 6 heteroatoms. The van der Waals surface area contributed by atoms with Crippen LogP contribution in [0, 0.1) is 5.92 Å². The molecule has 1 heterocycles. The third kappa shape index (κ3) is 3.84. The molecule has 3 rings (SSSR count). The summed E-state index contributed by atoms with van der Waals surface area (Å²) in [6, 6.07) is 14.8. The van der Waals surface area contributed by atoms with Crippen molar-refractivity contribution in [1.29, 1.82) is 0 Å². The Bertz CT molecular complexity index is 969. The lowest BCUT2D eigenvalue weighted by molar-refractivity contribution is -0.123.